The molecule has 0 spiro atoms. The van der Waals surface area contributed by atoms with E-state index in [4.69, 9.17) is 39.8 Å². The summed E-state index contributed by atoms with van der Waals surface area (Å²) in [6.45, 7) is 7.05. The first-order valence-electron chi connectivity index (χ1n) is 18.5. The zero-order chi connectivity index (χ0) is 44.8. The first-order valence-corrected chi connectivity index (χ1v) is 24.6. The zero-order valence-corrected chi connectivity index (χ0v) is 38.2. The number of benzene rings is 2. The minimum atomic E-state index is -4.02. The number of aromatic nitrogens is 3. The van der Waals surface area contributed by atoms with Crippen molar-refractivity contribution in [3.05, 3.63) is 192 Å². The molecule has 3 aliphatic heterocycles. The third-order valence-electron chi connectivity index (χ3n) is 9.38. The van der Waals surface area contributed by atoms with Gasteiger partial charge < -0.3 is 16.0 Å². The molecule has 5 aromatic rings. The van der Waals surface area contributed by atoms with Crippen molar-refractivity contribution in [3.8, 4) is 22.8 Å². The highest BCUT2D eigenvalue weighted by atomic mass is 35.6. The van der Waals surface area contributed by atoms with Gasteiger partial charge in [-0.15, -0.1) is 0 Å². The summed E-state index contributed by atoms with van der Waals surface area (Å²) in [5, 5.41) is 12.7. The molecule has 62 heavy (non-hydrogen) atoms. The van der Waals surface area contributed by atoms with Gasteiger partial charge in [-0.1, -0.05) is 114 Å². The van der Waals surface area contributed by atoms with Gasteiger partial charge >= 0.3 is 0 Å². The zero-order valence-electron chi connectivity index (χ0n) is 33.5. The van der Waals surface area contributed by atoms with Crippen LogP contribution in [0.1, 0.15) is 36.1 Å². The number of hydrogen-bond donors (Lipinski definition) is 3. The molecule has 12 nitrogen and oxygen atoms in total. The maximum absolute atomic E-state index is 13.0. The van der Waals surface area contributed by atoms with Gasteiger partial charge in [-0.25, -0.2) is 30.2 Å². The number of pyridine rings is 3. The number of rotatable bonds is 6. The summed E-state index contributed by atoms with van der Waals surface area (Å²) >= 11 is 14.4. The first kappa shape index (κ1) is 46.0. The van der Waals surface area contributed by atoms with Crippen LogP contribution in [0, 0.1) is 13.8 Å². The first-order chi connectivity index (χ1) is 29.3. The van der Waals surface area contributed by atoms with Crippen molar-refractivity contribution in [1.82, 2.24) is 30.9 Å². The van der Waals surface area contributed by atoms with Gasteiger partial charge in [0, 0.05) is 12.4 Å². The molecule has 0 saturated carbocycles. The topological polar surface area (TPSA) is 177 Å². The lowest BCUT2D eigenvalue weighted by molar-refractivity contribution is 0.606. The summed E-state index contributed by atoms with van der Waals surface area (Å²) in [5.74, 6) is 0. The number of halogens is 3. The van der Waals surface area contributed by atoms with Gasteiger partial charge in [0.2, 0.25) is 0 Å². The number of alkyl halides is 3. The lowest BCUT2D eigenvalue weighted by Gasteiger charge is -2.28. The fraction of sp³-hybridized carbons (Fsp3) is 0.114. The molecular weight excluding hydrogens is 911 g/mol. The van der Waals surface area contributed by atoms with Crippen molar-refractivity contribution in [2.45, 2.75) is 32.0 Å². The van der Waals surface area contributed by atoms with Crippen LogP contribution >= 0.6 is 34.8 Å². The van der Waals surface area contributed by atoms with Gasteiger partial charge in [-0.2, -0.15) is 0 Å². The Morgan fingerprint density at radius 3 is 1.19 bits per heavy atom. The second-order valence-electron chi connectivity index (χ2n) is 13.8. The van der Waals surface area contributed by atoms with Crippen molar-refractivity contribution in [2.75, 3.05) is 0 Å². The van der Waals surface area contributed by atoms with E-state index in [1.165, 1.54) is 13.8 Å². The molecule has 3 N–H and O–H groups in total. The van der Waals surface area contributed by atoms with Crippen molar-refractivity contribution in [1.29, 1.82) is 0 Å². The molecule has 0 unspecified atom stereocenters. The molecule has 0 amide bonds. The maximum Gasteiger partial charge on any atom is 0.199 e. The Balaban J connectivity index is 0.000000223. The predicted octanol–water partition coefficient (Wildman–Crippen LogP) is 8.99. The molecule has 0 radical (unpaired) electrons. The summed E-state index contributed by atoms with van der Waals surface area (Å²) < 4.78 is 76.9. The Kier molecular flexibility index (Phi) is 14.3. The van der Waals surface area contributed by atoms with E-state index in [1.54, 1.807) is 73.1 Å². The van der Waals surface area contributed by atoms with Gasteiger partial charge in [-0.3, -0.25) is 9.97 Å². The third-order valence-corrected chi connectivity index (χ3v) is 13.7. The number of hydrogen-bond acceptors (Lipinski definition) is 12. The molecule has 18 heteroatoms. The molecule has 320 valence electrons. The summed E-state index contributed by atoms with van der Waals surface area (Å²) in [6.07, 6.45) is 3.58. The normalized spacial score (nSPS) is 17.2. The van der Waals surface area contributed by atoms with E-state index in [0.717, 1.165) is 55.5 Å². The summed E-state index contributed by atoms with van der Waals surface area (Å²) in [4.78, 5) is 13.7. The van der Waals surface area contributed by atoms with E-state index >= 15 is 0 Å². The maximum atomic E-state index is 13.0. The van der Waals surface area contributed by atoms with Crippen LogP contribution in [0.4, 0.5) is 0 Å². The molecule has 3 aromatic heterocycles. The van der Waals surface area contributed by atoms with E-state index < -0.39 is 33.8 Å². The third kappa shape index (κ3) is 11.1. The Morgan fingerprint density at radius 1 is 0.484 bits per heavy atom. The fourth-order valence-corrected chi connectivity index (χ4v) is 9.75. The van der Waals surface area contributed by atoms with Crippen LogP contribution in [-0.4, -0.2) is 44.5 Å². The SMILES string of the molecule is CC1=C(c2ccccc2)NC(C2=CS(=O)(=O)C=C(C3=CS(=O)(=O)C(C)=C(c4ccccc4)N3)N2)=CS1(=O)=O.Cc1cc(C)c(-c2ccccn2)nc1-c1ccccn1.ClC(Cl)Cl. The summed E-state index contributed by atoms with van der Waals surface area (Å²) in [7, 11) is -11.8. The number of nitrogens with one attached hydrogen (secondary N) is 3. The van der Waals surface area contributed by atoms with Crippen molar-refractivity contribution in [2.24, 2.45) is 0 Å². The standard InChI is InChI=1S/C26H23N3O6S3.C17H15N3.CHCl3/c1-17-25(19-9-5-3-6-10-19)28-23(15-37(17,32)33)21-13-36(30,31)14-22(27-21)24-16-38(34,35)18(2)26(29-24)20-11-7-4-8-12-20;1-12-11-13(2)17(15-8-4-6-10-19-15)20-16(12)14-7-3-5-9-18-14;2-1(3)4/h3-16,27-29H,1-2H3;3-11H,1-2H3;1H. The average molecular weight is 950 g/mol. The number of nitrogens with zero attached hydrogens (tertiary/aromatic N) is 3. The van der Waals surface area contributed by atoms with Crippen molar-refractivity contribution in [3.63, 3.8) is 0 Å². The molecular formula is C44H39Cl3N6O6S3. The lowest BCUT2D eigenvalue weighted by atomic mass is 10.1. The van der Waals surface area contributed by atoms with Crippen LogP contribution < -0.4 is 16.0 Å². The van der Waals surface area contributed by atoms with E-state index in [9.17, 15) is 25.3 Å². The molecule has 8 rings (SSSR count). The highest BCUT2D eigenvalue weighted by molar-refractivity contribution is 7.98. The van der Waals surface area contributed by atoms with E-state index in [-0.39, 0.29) is 32.6 Å². The van der Waals surface area contributed by atoms with Crippen LogP contribution in [-0.2, 0) is 29.5 Å². The molecule has 3 aliphatic rings. The smallest absolute Gasteiger partial charge is 0.199 e. The minimum absolute atomic E-state index is 0.00194. The van der Waals surface area contributed by atoms with Gasteiger partial charge in [0.25, 0.3) is 0 Å². The molecule has 2 aromatic carbocycles. The molecule has 0 bridgehead atoms. The highest BCUT2D eigenvalue weighted by Gasteiger charge is 2.31. The molecule has 6 heterocycles. The minimum Gasteiger partial charge on any atom is -0.352 e. The van der Waals surface area contributed by atoms with Crippen LogP contribution in [0.25, 0.3) is 34.2 Å². The molecule has 0 fully saturated rings. The summed E-state index contributed by atoms with van der Waals surface area (Å²) in [5.41, 5.74) is 7.56. The predicted molar refractivity (Wildman–Crippen MR) is 248 cm³/mol. The van der Waals surface area contributed by atoms with Gasteiger partial charge in [0.1, 0.15) is 0 Å². The van der Waals surface area contributed by atoms with Crippen LogP contribution in [0.3, 0.4) is 0 Å². The van der Waals surface area contributed by atoms with Gasteiger partial charge in [0.05, 0.1) is 88.4 Å². The van der Waals surface area contributed by atoms with Crippen LogP contribution in [0.5, 0.6) is 0 Å². The molecule has 0 saturated heterocycles. The van der Waals surface area contributed by atoms with Crippen LogP contribution in [0.2, 0.25) is 0 Å². The fourth-order valence-electron chi connectivity index (χ4n) is 6.40. The molecule has 0 atom stereocenters. The Morgan fingerprint density at radius 2 is 0.839 bits per heavy atom. The van der Waals surface area contributed by atoms with Crippen LogP contribution in [0.15, 0.2) is 170 Å². The Labute approximate surface area is 376 Å². The van der Waals surface area contributed by atoms with E-state index in [1.807, 2.05) is 36.4 Å². The largest absolute Gasteiger partial charge is 0.352 e. The van der Waals surface area contributed by atoms with Crippen molar-refractivity contribution < 1.29 is 25.3 Å². The summed E-state index contributed by atoms with van der Waals surface area (Å²) in [6, 6.07) is 31.4. The number of allylic oxidation sites excluding steroid dienone is 2. The Bertz CT molecular complexity index is 2840. The Hall–Kier alpha value is -5.55. The van der Waals surface area contributed by atoms with E-state index in [0.29, 0.717) is 22.5 Å². The number of aryl methyl sites for hydroxylation is 2. The highest BCUT2D eigenvalue weighted by Crippen LogP contribution is 2.34. The van der Waals surface area contributed by atoms with Gasteiger partial charge in [-0.05, 0) is 74.2 Å². The van der Waals surface area contributed by atoms with E-state index in [2.05, 4.69) is 45.8 Å². The lowest BCUT2D eigenvalue weighted by Crippen LogP contribution is -2.33. The average Bonchev–Trinajstić information content (AvgIpc) is 3.23. The molecule has 0 aliphatic carbocycles. The number of sulfone groups is 3. The monoisotopic (exact) mass is 948 g/mol. The van der Waals surface area contributed by atoms with Gasteiger partial charge in [0.15, 0.2) is 33.8 Å². The van der Waals surface area contributed by atoms with Crippen molar-refractivity contribution >= 4 is 75.7 Å². The second kappa shape index (κ2) is 19.2. The second-order valence-corrected chi connectivity index (χ2v) is 21.3. The quantitative estimate of drug-likeness (QED) is 0.138.